The highest BCUT2D eigenvalue weighted by Gasteiger charge is 2.43. The van der Waals surface area contributed by atoms with E-state index in [1.165, 1.54) is 24.3 Å². The van der Waals surface area contributed by atoms with Crippen LogP contribution in [0.2, 0.25) is 0 Å². The van der Waals surface area contributed by atoms with Gasteiger partial charge in [0.2, 0.25) is 5.91 Å². The zero-order chi connectivity index (χ0) is 23.3. The van der Waals surface area contributed by atoms with Gasteiger partial charge in [-0.25, -0.2) is 0 Å². The van der Waals surface area contributed by atoms with Gasteiger partial charge in [-0.05, 0) is 42.7 Å². The summed E-state index contributed by atoms with van der Waals surface area (Å²) in [4.78, 5) is 27.0. The molecule has 4 rings (SSSR count). The Morgan fingerprint density at radius 2 is 1.56 bits per heavy atom. The topological polar surface area (TPSA) is 37.4 Å². The molecule has 3 nitrogen and oxygen atoms in total. The number of nitrogens with zero attached hydrogens (tertiary/aromatic N) is 1. The van der Waals surface area contributed by atoms with Crippen molar-refractivity contribution >= 4 is 17.4 Å². The molecule has 9 heteroatoms. The van der Waals surface area contributed by atoms with Crippen LogP contribution in [-0.2, 0) is 21.9 Å². The average molecular weight is 453 g/mol. The van der Waals surface area contributed by atoms with Gasteiger partial charge in [0.1, 0.15) is 0 Å². The number of hydrogen-bond acceptors (Lipinski definition) is 2. The van der Waals surface area contributed by atoms with Gasteiger partial charge >= 0.3 is 12.4 Å². The van der Waals surface area contributed by atoms with Gasteiger partial charge in [-0.3, -0.25) is 14.5 Å². The number of carbonyl (C=O) groups is 2. The van der Waals surface area contributed by atoms with Crippen molar-refractivity contribution in [2.24, 2.45) is 0 Å². The summed E-state index contributed by atoms with van der Waals surface area (Å²) in [5.74, 6) is -2.15. The van der Waals surface area contributed by atoms with Crippen LogP contribution in [0.1, 0.15) is 48.3 Å². The fraction of sp³-hybridized carbons (Fsp3) is 0.304. The number of alkyl halides is 6. The molecule has 1 aliphatic carbocycles. The third kappa shape index (κ3) is 3.91. The minimum absolute atomic E-state index is 0.0606. The van der Waals surface area contributed by atoms with E-state index in [1.807, 2.05) is 0 Å². The van der Waals surface area contributed by atoms with E-state index in [4.69, 9.17) is 0 Å². The Morgan fingerprint density at radius 1 is 0.844 bits per heavy atom. The van der Waals surface area contributed by atoms with Crippen molar-refractivity contribution in [2.75, 3.05) is 4.90 Å². The van der Waals surface area contributed by atoms with Gasteiger partial charge in [0, 0.05) is 35.7 Å². The number of hydrogen-bond donors (Lipinski definition) is 0. The monoisotopic (exact) mass is 453 g/mol. The molecule has 2 aromatic rings. The largest absolute Gasteiger partial charge is 0.416 e. The first-order valence-electron chi connectivity index (χ1n) is 9.91. The lowest BCUT2D eigenvalue weighted by molar-refractivity contribution is -0.139. The molecule has 0 bridgehead atoms. The molecule has 0 fully saturated rings. The van der Waals surface area contributed by atoms with E-state index in [0.29, 0.717) is 6.42 Å². The lowest BCUT2D eigenvalue weighted by Gasteiger charge is -2.39. The van der Waals surface area contributed by atoms with Gasteiger partial charge in [0.05, 0.1) is 11.1 Å². The Morgan fingerprint density at radius 3 is 2.25 bits per heavy atom. The number of halogens is 6. The number of carbonyl (C=O) groups excluding carboxylic acids is 2. The molecule has 0 saturated heterocycles. The lowest BCUT2D eigenvalue weighted by Crippen LogP contribution is -2.41. The van der Waals surface area contributed by atoms with Crippen LogP contribution in [0, 0.1) is 0 Å². The van der Waals surface area contributed by atoms with E-state index in [-0.39, 0.29) is 35.4 Å². The summed E-state index contributed by atoms with van der Waals surface area (Å²) < 4.78 is 80.4. The Balaban J connectivity index is 1.89. The first kappa shape index (κ1) is 22.1. The van der Waals surface area contributed by atoms with Crippen LogP contribution >= 0.6 is 0 Å². The molecule has 0 saturated carbocycles. The fourth-order valence-corrected chi connectivity index (χ4v) is 4.44. The second-order valence-electron chi connectivity index (χ2n) is 7.76. The highest BCUT2D eigenvalue weighted by molar-refractivity contribution is 6.07. The van der Waals surface area contributed by atoms with Gasteiger partial charge < -0.3 is 0 Å². The van der Waals surface area contributed by atoms with E-state index in [1.54, 1.807) is 0 Å². The Bertz CT molecular complexity index is 1120. The molecule has 2 aromatic carbocycles. The highest BCUT2D eigenvalue weighted by atomic mass is 19.4. The van der Waals surface area contributed by atoms with Crippen molar-refractivity contribution < 1.29 is 35.9 Å². The van der Waals surface area contributed by atoms with Crippen molar-refractivity contribution in [3.05, 3.63) is 76.5 Å². The van der Waals surface area contributed by atoms with Gasteiger partial charge in [-0.1, -0.05) is 24.3 Å². The van der Waals surface area contributed by atoms with Crippen LogP contribution in [0.15, 0.2) is 59.8 Å². The molecular formula is C23H17F6NO2. The highest BCUT2D eigenvalue weighted by Crippen LogP contribution is 2.47. The zero-order valence-electron chi connectivity index (χ0n) is 16.6. The number of amides is 1. The van der Waals surface area contributed by atoms with Crippen molar-refractivity contribution in [3.63, 3.8) is 0 Å². The Labute approximate surface area is 179 Å². The minimum atomic E-state index is -4.68. The molecule has 32 heavy (non-hydrogen) atoms. The molecule has 2 aliphatic rings. The SMILES string of the molecule is O=C1CCCC2=C1C(c1ccccc1C(F)(F)F)CC(=O)N2c1cccc(C(F)(F)F)c1. The Hall–Kier alpha value is -3.10. The lowest BCUT2D eigenvalue weighted by atomic mass is 9.76. The molecule has 0 spiro atoms. The quantitative estimate of drug-likeness (QED) is 0.504. The van der Waals surface area contributed by atoms with Crippen LogP contribution in [0.4, 0.5) is 32.0 Å². The van der Waals surface area contributed by atoms with Crippen molar-refractivity contribution in [3.8, 4) is 0 Å². The second kappa shape index (κ2) is 7.79. The summed E-state index contributed by atoms with van der Waals surface area (Å²) in [5.41, 5.74) is -1.88. The number of Topliss-reactive ketones (excluding diaryl/α,β-unsaturated/α-hetero) is 1. The third-order valence-electron chi connectivity index (χ3n) is 5.75. The summed E-state index contributed by atoms with van der Waals surface area (Å²) in [5, 5.41) is 0. The molecule has 1 heterocycles. The molecule has 168 valence electrons. The zero-order valence-corrected chi connectivity index (χ0v) is 16.6. The molecule has 1 aliphatic heterocycles. The van der Waals surface area contributed by atoms with E-state index in [2.05, 4.69) is 0 Å². The van der Waals surface area contributed by atoms with Gasteiger partial charge in [0.25, 0.3) is 0 Å². The molecular weight excluding hydrogens is 436 g/mol. The fourth-order valence-electron chi connectivity index (χ4n) is 4.44. The van der Waals surface area contributed by atoms with E-state index in [0.717, 1.165) is 29.2 Å². The molecule has 0 aromatic heterocycles. The van der Waals surface area contributed by atoms with Crippen molar-refractivity contribution in [1.29, 1.82) is 0 Å². The molecule has 1 amide bonds. The van der Waals surface area contributed by atoms with Crippen LogP contribution in [0.3, 0.4) is 0 Å². The molecule has 1 unspecified atom stereocenters. The summed E-state index contributed by atoms with van der Waals surface area (Å²) in [6.07, 6.45) is -9.11. The van der Waals surface area contributed by atoms with E-state index < -0.39 is 47.5 Å². The normalized spacial score (nSPS) is 19.9. The Kier molecular flexibility index (Phi) is 5.38. The first-order chi connectivity index (χ1) is 15.0. The predicted octanol–water partition coefficient (Wildman–Crippen LogP) is 6.25. The third-order valence-corrected chi connectivity index (χ3v) is 5.75. The van der Waals surface area contributed by atoms with Gasteiger partial charge in [-0.15, -0.1) is 0 Å². The van der Waals surface area contributed by atoms with Gasteiger partial charge in [-0.2, -0.15) is 26.3 Å². The summed E-state index contributed by atoms with van der Waals surface area (Å²) in [6, 6.07) is 8.92. The maximum absolute atomic E-state index is 13.6. The summed E-state index contributed by atoms with van der Waals surface area (Å²) >= 11 is 0. The summed E-state index contributed by atoms with van der Waals surface area (Å²) in [6.45, 7) is 0. The number of benzene rings is 2. The minimum Gasteiger partial charge on any atom is -0.294 e. The van der Waals surface area contributed by atoms with E-state index >= 15 is 0 Å². The summed E-state index contributed by atoms with van der Waals surface area (Å²) in [7, 11) is 0. The number of ketones is 1. The van der Waals surface area contributed by atoms with Crippen LogP contribution in [-0.4, -0.2) is 11.7 Å². The molecule has 0 radical (unpaired) electrons. The van der Waals surface area contributed by atoms with Crippen LogP contribution in [0.5, 0.6) is 0 Å². The standard InChI is InChI=1S/C23H17F6NO2/c24-22(25,26)13-5-3-6-14(11-13)30-18-9-4-10-19(31)21(18)16(12-20(30)32)15-7-1-2-8-17(15)23(27,28)29/h1-3,5-8,11,16H,4,9-10,12H2. The molecule has 0 N–H and O–H groups in total. The van der Waals surface area contributed by atoms with Crippen LogP contribution < -0.4 is 4.90 Å². The molecule has 1 atom stereocenters. The maximum atomic E-state index is 13.6. The average Bonchev–Trinajstić information content (AvgIpc) is 2.72. The smallest absolute Gasteiger partial charge is 0.294 e. The predicted molar refractivity (Wildman–Crippen MR) is 104 cm³/mol. The number of rotatable bonds is 2. The number of allylic oxidation sites excluding steroid dienone is 2. The van der Waals surface area contributed by atoms with Gasteiger partial charge in [0.15, 0.2) is 5.78 Å². The van der Waals surface area contributed by atoms with Crippen molar-refractivity contribution in [1.82, 2.24) is 0 Å². The maximum Gasteiger partial charge on any atom is 0.416 e. The second-order valence-corrected chi connectivity index (χ2v) is 7.76. The van der Waals surface area contributed by atoms with E-state index in [9.17, 15) is 35.9 Å². The van der Waals surface area contributed by atoms with Crippen molar-refractivity contribution in [2.45, 2.75) is 44.0 Å². The number of anilines is 1. The first-order valence-corrected chi connectivity index (χ1v) is 9.91. The van der Waals surface area contributed by atoms with Crippen LogP contribution in [0.25, 0.3) is 0 Å².